The van der Waals surface area contributed by atoms with Crippen molar-refractivity contribution in [1.82, 2.24) is 18.3 Å². The summed E-state index contributed by atoms with van der Waals surface area (Å²) < 4.78 is 58.6. The van der Waals surface area contributed by atoms with E-state index in [-0.39, 0.29) is 5.69 Å². The Kier molecular flexibility index (Phi) is 8.44. The molecule has 4 heterocycles. The first-order valence-electron chi connectivity index (χ1n) is 23.2. The van der Waals surface area contributed by atoms with Crippen LogP contribution in [-0.4, -0.2) is 18.3 Å². The molecule has 0 saturated heterocycles. The summed E-state index contributed by atoms with van der Waals surface area (Å²) in [5.41, 5.74) is 9.25. The van der Waals surface area contributed by atoms with Gasteiger partial charge in [-0.25, -0.2) is 0 Å². The van der Waals surface area contributed by atoms with Gasteiger partial charge in [-0.15, -0.1) is 0 Å². The first kappa shape index (κ1) is 39.8. The van der Waals surface area contributed by atoms with Gasteiger partial charge in [0.25, 0.3) is 0 Å². The molecule has 330 valence electrons. The lowest BCUT2D eigenvalue weighted by atomic mass is 9.97. The molecule has 0 fully saturated rings. The van der Waals surface area contributed by atoms with Crippen LogP contribution in [0.1, 0.15) is 11.1 Å². The lowest BCUT2D eigenvalue weighted by Gasteiger charge is -2.23. The van der Waals surface area contributed by atoms with Crippen molar-refractivity contribution in [3.8, 4) is 39.9 Å². The number of halogens is 3. The molecule has 0 spiro atoms. The Morgan fingerprint density at radius 3 is 1.16 bits per heavy atom. The molecule has 0 atom stereocenters. The van der Waals surface area contributed by atoms with Crippen molar-refractivity contribution in [2.24, 2.45) is 0 Å². The number of benzene rings is 10. The fourth-order valence-corrected chi connectivity index (χ4v) is 11.4. The SMILES string of the molecule is N#Cc1cccc(-c2cc(-n3c4ccccc4c4ccc5c6ccccc6n(-c6ccccc6)c5c43)c(C(F)(F)F)cc2-n2c3ccccc3c3ccc4c5ccccc5n(-c5ccccc5)c4c32)c1. The molecule has 0 saturated carbocycles. The fraction of sp³-hybridized carbons (Fsp3) is 0.0161. The van der Waals surface area contributed by atoms with Gasteiger partial charge in [-0.2, -0.15) is 18.4 Å². The van der Waals surface area contributed by atoms with Crippen LogP contribution in [0.5, 0.6) is 0 Å². The Morgan fingerprint density at radius 1 is 0.343 bits per heavy atom. The molecule has 0 aliphatic rings. The minimum atomic E-state index is -4.83. The predicted octanol–water partition coefficient (Wildman–Crippen LogP) is 16.6. The Balaban J connectivity index is 1.20. The van der Waals surface area contributed by atoms with Gasteiger partial charge in [-0.05, 0) is 78.4 Å². The first-order chi connectivity index (χ1) is 34.4. The Hall–Kier alpha value is -9.32. The van der Waals surface area contributed by atoms with Crippen LogP contribution in [0, 0.1) is 11.3 Å². The predicted molar refractivity (Wildman–Crippen MR) is 279 cm³/mol. The van der Waals surface area contributed by atoms with Crippen LogP contribution >= 0.6 is 0 Å². The first-order valence-corrected chi connectivity index (χ1v) is 23.2. The van der Waals surface area contributed by atoms with E-state index < -0.39 is 11.7 Å². The maximum Gasteiger partial charge on any atom is 0.418 e. The highest BCUT2D eigenvalue weighted by atomic mass is 19.4. The number of fused-ring (bicyclic) bond motifs is 14. The van der Waals surface area contributed by atoms with Crippen LogP contribution in [0.15, 0.2) is 218 Å². The summed E-state index contributed by atoms with van der Waals surface area (Å²) in [5.74, 6) is 0. The Bertz CT molecular complexity index is 4520. The van der Waals surface area contributed by atoms with Crippen LogP contribution in [0.25, 0.3) is 121 Å². The van der Waals surface area contributed by atoms with E-state index in [0.29, 0.717) is 33.4 Å². The van der Waals surface area contributed by atoms with Crippen LogP contribution in [-0.2, 0) is 6.18 Å². The molecule has 0 radical (unpaired) electrons. The van der Waals surface area contributed by atoms with E-state index in [9.17, 15) is 5.26 Å². The maximum absolute atomic E-state index is 16.8. The van der Waals surface area contributed by atoms with Crippen LogP contribution < -0.4 is 0 Å². The van der Waals surface area contributed by atoms with Crippen LogP contribution in [0.3, 0.4) is 0 Å². The lowest BCUT2D eigenvalue weighted by Crippen LogP contribution is -2.13. The lowest BCUT2D eigenvalue weighted by molar-refractivity contribution is -0.137. The standard InChI is InChI=1S/C62H36F3N5/c63-62(64,65)51-36-56(69-54-28-13-9-24-44(54)48-32-30-46-42-22-7-11-26-52(42)67(58(46)60(48)69)40-18-3-1-4-19-40)50(39-17-15-16-38(34-39)37-66)35-57(51)70-55-29-14-10-25-45(55)49-33-31-47-43-23-8-12-27-53(43)68(59(47)61(49)70)41-20-5-2-6-21-41/h1-36H. The average Bonchev–Trinajstić information content (AvgIpc) is 4.14. The quantitative estimate of drug-likeness (QED) is 0.170. The van der Waals surface area contributed by atoms with Gasteiger partial charge in [0.15, 0.2) is 0 Å². The van der Waals surface area contributed by atoms with Gasteiger partial charge >= 0.3 is 6.18 Å². The van der Waals surface area contributed by atoms with E-state index in [1.165, 1.54) is 6.07 Å². The number of hydrogen-bond acceptors (Lipinski definition) is 1. The highest BCUT2D eigenvalue weighted by Crippen LogP contribution is 2.49. The molecule has 8 heteroatoms. The molecular weight excluding hydrogens is 872 g/mol. The van der Waals surface area contributed by atoms with Gasteiger partial charge in [-0.3, -0.25) is 0 Å². The third kappa shape index (κ3) is 5.60. The van der Waals surface area contributed by atoms with E-state index in [0.717, 1.165) is 87.6 Å². The van der Waals surface area contributed by atoms with E-state index in [4.69, 9.17) is 0 Å². The molecule has 0 amide bonds. The van der Waals surface area contributed by atoms with Gasteiger partial charge < -0.3 is 18.3 Å². The van der Waals surface area contributed by atoms with Crippen molar-refractivity contribution in [2.45, 2.75) is 6.18 Å². The number of alkyl halides is 3. The Morgan fingerprint density at radius 2 is 0.729 bits per heavy atom. The number of nitrogens with zero attached hydrogens (tertiary/aromatic N) is 5. The zero-order valence-electron chi connectivity index (χ0n) is 37.2. The molecule has 10 aromatic carbocycles. The zero-order chi connectivity index (χ0) is 46.8. The number of nitriles is 1. The van der Waals surface area contributed by atoms with E-state index in [1.807, 2.05) is 143 Å². The zero-order valence-corrected chi connectivity index (χ0v) is 37.2. The van der Waals surface area contributed by atoms with E-state index >= 15 is 13.2 Å². The third-order valence-corrected chi connectivity index (χ3v) is 14.2. The molecule has 70 heavy (non-hydrogen) atoms. The van der Waals surface area contributed by atoms with Crippen LogP contribution in [0.2, 0.25) is 0 Å². The molecule has 4 aromatic heterocycles. The number of hydrogen-bond donors (Lipinski definition) is 0. The molecule has 0 bridgehead atoms. The monoisotopic (exact) mass is 907 g/mol. The van der Waals surface area contributed by atoms with Gasteiger partial charge in [-0.1, -0.05) is 146 Å². The minimum absolute atomic E-state index is 0.0264. The maximum atomic E-state index is 16.8. The second-order valence-electron chi connectivity index (χ2n) is 17.9. The molecule has 14 aromatic rings. The number of aromatic nitrogens is 4. The van der Waals surface area contributed by atoms with Crippen molar-refractivity contribution >= 4 is 87.2 Å². The highest BCUT2D eigenvalue weighted by molar-refractivity contribution is 6.25. The van der Waals surface area contributed by atoms with Crippen molar-refractivity contribution in [2.75, 3.05) is 0 Å². The van der Waals surface area contributed by atoms with Crippen LogP contribution in [0.4, 0.5) is 13.2 Å². The minimum Gasteiger partial charge on any atom is -0.307 e. The largest absolute Gasteiger partial charge is 0.418 e. The van der Waals surface area contributed by atoms with Gasteiger partial charge in [0.2, 0.25) is 0 Å². The van der Waals surface area contributed by atoms with Gasteiger partial charge in [0.05, 0.1) is 72.7 Å². The fourth-order valence-electron chi connectivity index (χ4n) is 11.4. The molecule has 5 nitrogen and oxygen atoms in total. The summed E-state index contributed by atoms with van der Waals surface area (Å²) in [6.07, 6.45) is -4.83. The van der Waals surface area contributed by atoms with Gasteiger partial charge in [0, 0.05) is 60.0 Å². The van der Waals surface area contributed by atoms with Crippen molar-refractivity contribution in [3.05, 3.63) is 230 Å². The van der Waals surface area contributed by atoms with Gasteiger partial charge in [0.1, 0.15) is 0 Å². The molecule has 0 aliphatic heterocycles. The molecule has 14 rings (SSSR count). The van der Waals surface area contributed by atoms with Crippen molar-refractivity contribution in [3.63, 3.8) is 0 Å². The van der Waals surface area contributed by atoms with Crippen molar-refractivity contribution < 1.29 is 13.2 Å². The molecule has 0 aliphatic carbocycles. The molecule has 0 unspecified atom stereocenters. The molecular formula is C62H36F3N5. The second kappa shape index (κ2) is 14.8. The normalized spacial score (nSPS) is 12.2. The Labute approximate surface area is 397 Å². The number of rotatable bonds is 5. The summed E-state index contributed by atoms with van der Waals surface area (Å²) >= 11 is 0. The average molecular weight is 908 g/mol. The molecule has 0 N–H and O–H groups in total. The topological polar surface area (TPSA) is 43.5 Å². The van der Waals surface area contributed by atoms with E-state index in [2.05, 4.69) is 69.8 Å². The highest BCUT2D eigenvalue weighted by Gasteiger charge is 2.37. The summed E-state index contributed by atoms with van der Waals surface area (Å²) in [7, 11) is 0. The summed E-state index contributed by atoms with van der Waals surface area (Å²) in [4.78, 5) is 0. The number of para-hydroxylation sites is 6. The van der Waals surface area contributed by atoms with Crippen molar-refractivity contribution in [1.29, 1.82) is 5.26 Å². The smallest absolute Gasteiger partial charge is 0.307 e. The second-order valence-corrected chi connectivity index (χ2v) is 17.9. The van der Waals surface area contributed by atoms with E-state index in [1.54, 1.807) is 24.3 Å². The summed E-state index contributed by atoms with van der Waals surface area (Å²) in [6.45, 7) is 0. The summed E-state index contributed by atoms with van der Waals surface area (Å²) in [6, 6.07) is 73.1. The summed E-state index contributed by atoms with van der Waals surface area (Å²) in [5, 5.41) is 17.7. The third-order valence-electron chi connectivity index (χ3n) is 14.2.